The van der Waals surface area contributed by atoms with E-state index < -0.39 is 7.14 Å². The molecule has 2 rings (SSSR count). The lowest BCUT2D eigenvalue weighted by Gasteiger charge is -2.15. The van der Waals surface area contributed by atoms with Gasteiger partial charge < -0.3 is 9.88 Å². The monoisotopic (exact) mass is 345 g/mol. The predicted molar refractivity (Wildman–Crippen MR) is 92.2 cm³/mol. The number of halogens is 2. The molecule has 0 saturated carbocycles. The molecule has 0 unspecified atom stereocenters. The molecule has 0 radical (unpaired) electrons. The Kier molecular flexibility index (Phi) is 6.66. The van der Waals surface area contributed by atoms with Gasteiger partial charge in [-0.05, 0) is 37.1 Å². The van der Waals surface area contributed by atoms with Crippen LogP contribution >= 0.6 is 30.3 Å². The van der Waals surface area contributed by atoms with Crippen molar-refractivity contribution in [2.75, 3.05) is 18.6 Å². The van der Waals surface area contributed by atoms with E-state index in [1.54, 1.807) is 13.3 Å². The van der Waals surface area contributed by atoms with Gasteiger partial charge in [-0.25, -0.2) is 4.98 Å². The van der Waals surface area contributed by atoms with Gasteiger partial charge in [0.25, 0.3) is 0 Å². The fourth-order valence-corrected chi connectivity index (χ4v) is 3.04. The average molecular weight is 346 g/mol. The molecule has 0 amide bonds. The summed E-state index contributed by atoms with van der Waals surface area (Å²) in [5.41, 5.74) is 0.701. The maximum Gasteiger partial charge on any atom is 0.224 e. The van der Waals surface area contributed by atoms with E-state index in [2.05, 4.69) is 15.3 Å². The Morgan fingerprint density at radius 1 is 1.14 bits per heavy atom. The smallest absolute Gasteiger partial charge is 0.224 e. The topological polar surface area (TPSA) is 54.9 Å². The van der Waals surface area contributed by atoms with Crippen molar-refractivity contribution in [3.63, 3.8) is 0 Å². The number of nitrogens with one attached hydrogen (secondary N) is 1. The predicted octanol–water partition coefficient (Wildman–Crippen LogP) is 4.80. The van der Waals surface area contributed by atoms with Crippen molar-refractivity contribution in [3.8, 4) is 0 Å². The highest BCUT2D eigenvalue weighted by atomic mass is 35.5. The van der Waals surface area contributed by atoms with Gasteiger partial charge in [0, 0.05) is 5.30 Å². The van der Waals surface area contributed by atoms with E-state index in [0.29, 0.717) is 16.5 Å². The summed E-state index contributed by atoms with van der Waals surface area (Å²) < 4.78 is 12.2. The van der Waals surface area contributed by atoms with Crippen LogP contribution in [0.3, 0.4) is 0 Å². The third kappa shape index (κ3) is 4.99. The highest BCUT2D eigenvalue weighted by molar-refractivity contribution is 7.70. The Hall–Kier alpha value is -1.09. The summed E-state index contributed by atoms with van der Waals surface area (Å²) in [4.78, 5) is 7.79. The van der Waals surface area contributed by atoms with E-state index in [1.807, 2.05) is 38.1 Å². The second kappa shape index (κ2) is 7.79. The average Bonchev–Trinajstić information content (AvgIpc) is 2.44. The van der Waals surface area contributed by atoms with Crippen molar-refractivity contribution in [1.29, 1.82) is 0 Å². The van der Waals surface area contributed by atoms with Gasteiger partial charge in [-0.3, -0.25) is 0 Å². The third-order valence-corrected chi connectivity index (χ3v) is 4.46. The number of nitrogens with zero attached hydrogens (tertiary/aromatic N) is 2. The van der Waals surface area contributed by atoms with Crippen molar-refractivity contribution >= 4 is 47.2 Å². The molecule has 114 valence electrons. The summed E-state index contributed by atoms with van der Waals surface area (Å²) in [7, 11) is -2.40. The second-order valence-corrected chi connectivity index (χ2v) is 8.26. The fraction of sp³-hybridized carbons (Fsp3) is 0.286. The molecule has 2 aromatic rings. The largest absolute Gasteiger partial charge is 0.338 e. The number of hydrogen-bond donors (Lipinski definition) is 1. The van der Waals surface area contributed by atoms with Crippen LogP contribution in [-0.2, 0) is 4.57 Å². The van der Waals surface area contributed by atoms with Gasteiger partial charge in [0.2, 0.25) is 5.28 Å². The molecule has 4 nitrogen and oxygen atoms in total. The fourth-order valence-electron chi connectivity index (χ4n) is 1.61. The van der Waals surface area contributed by atoms with Gasteiger partial charge in [-0.15, -0.1) is 0 Å². The number of anilines is 2. The SMILES string of the molecule is CC.CP(C)(=O)c1ccccc1Nc1nc(Cl)ncc1Cl. The maximum absolute atomic E-state index is 12.2. The summed E-state index contributed by atoms with van der Waals surface area (Å²) >= 11 is 11.7. The van der Waals surface area contributed by atoms with E-state index in [4.69, 9.17) is 23.2 Å². The molecule has 0 spiro atoms. The molecule has 21 heavy (non-hydrogen) atoms. The minimum absolute atomic E-state index is 0.0977. The molecule has 7 heteroatoms. The van der Waals surface area contributed by atoms with E-state index >= 15 is 0 Å². The molecular formula is C14H18Cl2N3OP. The molecule has 0 aliphatic heterocycles. The van der Waals surface area contributed by atoms with E-state index in [9.17, 15) is 4.57 Å². The molecule has 1 N–H and O–H groups in total. The zero-order valence-corrected chi connectivity index (χ0v) is 14.8. The number of hydrogen-bond acceptors (Lipinski definition) is 4. The molecule has 0 aliphatic carbocycles. The van der Waals surface area contributed by atoms with Crippen LogP contribution in [0, 0.1) is 0 Å². The summed E-state index contributed by atoms with van der Waals surface area (Å²) in [6.45, 7) is 7.42. The quantitative estimate of drug-likeness (QED) is 0.641. The molecule has 1 aromatic heterocycles. The number of benzene rings is 1. The standard InChI is InChI=1S/C12H12Cl2N3OP.C2H6/c1-19(2,18)10-6-4-3-5-9(10)16-11-8(13)7-15-12(14)17-11;1-2/h3-7H,1-2H3,(H,15,16,17);1-2H3. The lowest BCUT2D eigenvalue weighted by atomic mass is 10.3. The van der Waals surface area contributed by atoms with Crippen molar-refractivity contribution < 1.29 is 4.57 Å². The zero-order valence-electron chi connectivity index (χ0n) is 12.4. The van der Waals surface area contributed by atoms with Gasteiger partial charge in [0.15, 0.2) is 5.82 Å². The van der Waals surface area contributed by atoms with Crippen molar-refractivity contribution in [1.82, 2.24) is 9.97 Å². The number of para-hydroxylation sites is 1. The highest BCUT2D eigenvalue weighted by Crippen LogP contribution is 2.38. The lowest BCUT2D eigenvalue weighted by Crippen LogP contribution is -2.10. The van der Waals surface area contributed by atoms with Crippen molar-refractivity contribution in [3.05, 3.63) is 40.8 Å². The Morgan fingerprint density at radius 2 is 1.76 bits per heavy atom. The summed E-state index contributed by atoms with van der Waals surface area (Å²) in [6, 6.07) is 7.33. The second-order valence-electron chi connectivity index (χ2n) is 4.33. The van der Waals surface area contributed by atoms with E-state index in [-0.39, 0.29) is 5.28 Å². The Labute approximate surface area is 135 Å². The summed E-state index contributed by atoms with van der Waals surface area (Å²) in [5.74, 6) is 0.391. The molecule has 0 atom stereocenters. The first-order valence-corrected chi connectivity index (χ1v) is 9.83. The molecule has 0 saturated heterocycles. The van der Waals surface area contributed by atoms with Crippen molar-refractivity contribution in [2.45, 2.75) is 13.8 Å². The molecule has 0 aliphatic rings. The van der Waals surface area contributed by atoms with Crippen LogP contribution in [0.15, 0.2) is 30.5 Å². The summed E-state index contributed by atoms with van der Waals surface area (Å²) in [6.07, 6.45) is 1.42. The van der Waals surface area contributed by atoms with Crippen LogP contribution in [0.1, 0.15) is 13.8 Å². The third-order valence-electron chi connectivity index (χ3n) is 2.45. The lowest BCUT2D eigenvalue weighted by molar-refractivity contribution is 0.588. The molecular weight excluding hydrogens is 328 g/mol. The van der Waals surface area contributed by atoms with E-state index in [0.717, 1.165) is 5.30 Å². The first-order valence-electron chi connectivity index (χ1n) is 6.47. The molecule has 0 fully saturated rings. The molecule has 0 bridgehead atoms. The van der Waals surface area contributed by atoms with Crippen molar-refractivity contribution in [2.24, 2.45) is 0 Å². The zero-order chi connectivity index (χ0) is 16.0. The van der Waals surface area contributed by atoms with Crippen LogP contribution in [0.2, 0.25) is 10.3 Å². The van der Waals surface area contributed by atoms with Gasteiger partial charge >= 0.3 is 0 Å². The first-order chi connectivity index (χ1) is 9.88. The normalized spacial score (nSPS) is 10.6. The number of aromatic nitrogens is 2. The Balaban J connectivity index is 0.00000106. The molecule has 1 aromatic carbocycles. The van der Waals surface area contributed by atoms with Crippen LogP contribution in [0.25, 0.3) is 0 Å². The van der Waals surface area contributed by atoms with Gasteiger partial charge in [0.1, 0.15) is 12.2 Å². The first kappa shape index (κ1) is 18.0. The Bertz CT molecular complexity index is 658. The minimum atomic E-state index is -2.40. The van der Waals surface area contributed by atoms with Gasteiger partial charge in [0.05, 0.1) is 11.9 Å². The molecule has 1 heterocycles. The van der Waals surface area contributed by atoms with Gasteiger partial charge in [-0.1, -0.05) is 37.6 Å². The highest BCUT2D eigenvalue weighted by Gasteiger charge is 2.16. The van der Waals surface area contributed by atoms with Crippen LogP contribution in [0.5, 0.6) is 0 Å². The van der Waals surface area contributed by atoms with Crippen LogP contribution in [-0.4, -0.2) is 23.3 Å². The van der Waals surface area contributed by atoms with E-state index in [1.165, 1.54) is 6.20 Å². The van der Waals surface area contributed by atoms with Crippen LogP contribution < -0.4 is 10.6 Å². The number of rotatable bonds is 3. The van der Waals surface area contributed by atoms with Crippen LogP contribution in [0.4, 0.5) is 11.5 Å². The maximum atomic E-state index is 12.2. The van der Waals surface area contributed by atoms with Gasteiger partial charge in [-0.2, -0.15) is 4.98 Å². The minimum Gasteiger partial charge on any atom is -0.338 e. The summed E-state index contributed by atoms with van der Waals surface area (Å²) in [5, 5.41) is 4.23. The Morgan fingerprint density at radius 3 is 2.38 bits per heavy atom.